The van der Waals surface area contributed by atoms with Crippen molar-refractivity contribution in [1.29, 1.82) is 0 Å². The summed E-state index contributed by atoms with van der Waals surface area (Å²) in [5.41, 5.74) is -2.47. The molecule has 2 heterocycles. The molecule has 0 radical (unpaired) electrons. The molecule has 0 saturated heterocycles. The molecule has 0 saturated carbocycles. The SMILES string of the molecule is CCOc1ccc(-c2ccc(C(F)(F)[C@@](O)(Cn3cnnn3)c3ccc(C)cc3F)nc2)cc1. The van der Waals surface area contributed by atoms with Crippen LogP contribution >= 0.6 is 0 Å². The predicted octanol–water partition coefficient (Wildman–Crippen LogP) is 4.26. The highest BCUT2D eigenvalue weighted by molar-refractivity contribution is 5.63. The van der Waals surface area contributed by atoms with E-state index in [1.165, 1.54) is 18.3 Å². The van der Waals surface area contributed by atoms with Gasteiger partial charge in [0.1, 0.15) is 23.6 Å². The van der Waals surface area contributed by atoms with E-state index >= 15 is 8.78 Å². The number of tetrazole rings is 1. The van der Waals surface area contributed by atoms with Gasteiger partial charge in [-0.3, -0.25) is 4.98 Å². The quantitative estimate of drug-likeness (QED) is 0.415. The average Bonchev–Trinajstić information content (AvgIpc) is 3.32. The van der Waals surface area contributed by atoms with E-state index in [0.717, 1.165) is 34.8 Å². The van der Waals surface area contributed by atoms with Crippen LogP contribution in [0.5, 0.6) is 5.75 Å². The lowest BCUT2D eigenvalue weighted by Crippen LogP contribution is -2.48. The van der Waals surface area contributed by atoms with Crippen LogP contribution in [0.25, 0.3) is 11.1 Å². The normalized spacial score (nSPS) is 13.5. The number of hydrogen-bond donors (Lipinski definition) is 1. The maximum absolute atomic E-state index is 15.9. The third-order valence-electron chi connectivity index (χ3n) is 5.46. The topological polar surface area (TPSA) is 86.0 Å². The molecule has 2 aromatic carbocycles. The lowest BCUT2D eigenvalue weighted by Gasteiger charge is -2.35. The van der Waals surface area contributed by atoms with Crippen LogP contribution in [0.2, 0.25) is 0 Å². The molecular formula is C24H22F3N5O2. The van der Waals surface area contributed by atoms with Gasteiger partial charge in [-0.25, -0.2) is 9.07 Å². The Kier molecular flexibility index (Phi) is 6.34. The monoisotopic (exact) mass is 469 g/mol. The molecule has 0 amide bonds. The minimum Gasteiger partial charge on any atom is -0.494 e. The summed E-state index contributed by atoms with van der Waals surface area (Å²) < 4.78 is 52.9. The van der Waals surface area contributed by atoms with Crippen LogP contribution in [0.3, 0.4) is 0 Å². The number of pyridine rings is 1. The van der Waals surface area contributed by atoms with Gasteiger partial charge in [-0.2, -0.15) is 8.78 Å². The lowest BCUT2D eigenvalue weighted by molar-refractivity contribution is -0.207. The van der Waals surface area contributed by atoms with E-state index in [2.05, 4.69) is 20.5 Å². The third-order valence-corrected chi connectivity index (χ3v) is 5.46. The Morgan fingerprint density at radius 2 is 1.76 bits per heavy atom. The second-order valence-corrected chi connectivity index (χ2v) is 7.81. The summed E-state index contributed by atoms with van der Waals surface area (Å²) >= 11 is 0. The molecule has 4 aromatic rings. The summed E-state index contributed by atoms with van der Waals surface area (Å²) in [5, 5.41) is 21.7. The van der Waals surface area contributed by atoms with Crippen molar-refractivity contribution in [3.8, 4) is 16.9 Å². The summed E-state index contributed by atoms with van der Waals surface area (Å²) in [4.78, 5) is 3.93. The molecular weight excluding hydrogens is 447 g/mol. The number of aliphatic hydroxyl groups is 1. The number of nitrogens with zero attached hydrogens (tertiary/aromatic N) is 5. The number of ether oxygens (including phenoxy) is 1. The second kappa shape index (κ2) is 9.22. The molecule has 2 aromatic heterocycles. The summed E-state index contributed by atoms with van der Waals surface area (Å²) in [5.74, 6) is -4.27. The van der Waals surface area contributed by atoms with Crippen molar-refractivity contribution in [1.82, 2.24) is 25.2 Å². The summed E-state index contributed by atoms with van der Waals surface area (Å²) in [7, 11) is 0. The van der Waals surface area contributed by atoms with Gasteiger partial charge in [0.2, 0.25) is 0 Å². The zero-order chi connectivity index (χ0) is 24.3. The molecule has 0 aliphatic rings. The van der Waals surface area contributed by atoms with Crippen molar-refractivity contribution in [3.63, 3.8) is 0 Å². The number of halogens is 3. The molecule has 0 bridgehead atoms. The predicted molar refractivity (Wildman–Crippen MR) is 118 cm³/mol. The van der Waals surface area contributed by atoms with Crippen molar-refractivity contribution >= 4 is 0 Å². The minimum absolute atomic E-state index is 0.521. The lowest BCUT2D eigenvalue weighted by atomic mass is 9.84. The van der Waals surface area contributed by atoms with Gasteiger partial charge in [0.05, 0.1) is 13.2 Å². The van der Waals surface area contributed by atoms with Gasteiger partial charge in [0.25, 0.3) is 0 Å². The van der Waals surface area contributed by atoms with E-state index in [-0.39, 0.29) is 0 Å². The average molecular weight is 469 g/mol. The standard InChI is InChI=1S/C24H22F3N5O2/c1-3-34-19-8-5-17(6-9-19)18-7-11-22(28-13-18)24(26,27)23(33,14-32-15-29-30-31-32)20-10-4-16(2)12-21(20)25/h4-13,15,33H,3,14H2,1-2H3/t23-/m1/s1. The van der Waals surface area contributed by atoms with E-state index in [1.54, 1.807) is 31.2 Å². The maximum atomic E-state index is 15.9. The van der Waals surface area contributed by atoms with Gasteiger partial charge in [-0.05, 0) is 59.7 Å². The molecule has 0 spiro atoms. The Morgan fingerprint density at radius 1 is 1.03 bits per heavy atom. The van der Waals surface area contributed by atoms with Gasteiger partial charge in [0, 0.05) is 17.3 Å². The molecule has 10 heteroatoms. The van der Waals surface area contributed by atoms with Gasteiger partial charge < -0.3 is 9.84 Å². The molecule has 0 fully saturated rings. The zero-order valence-electron chi connectivity index (χ0n) is 18.5. The van der Waals surface area contributed by atoms with Crippen molar-refractivity contribution in [2.24, 2.45) is 0 Å². The van der Waals surface area contributed by atoms with Crippen LogP contribution in [0, 0.1) is 12.7 Å². The smallest absolute Gasteiger partial charge is 0.323 e. The largest absolute Gasteiger partial charge is 0.494 e. The summed E-state index contributed by atoms with van der Waals surface area (Å²) in [6.07, 6.45) is 2.34. The maximum Gasteiger partial charge on any atom is 0.323 e. The van der Waals surface area contributed by atoms with E-state index in [4.69, 9.17) is 4.74 Å². The van der Waals surface area contributed by atoms with Crippen LogP contribution < -0.4 is 4.74 Å². The Hall–Kier alpha value is -3.79. The minimum atomic E-state index is -3.99. The molecule has 7 nitrogen and oxygen atoms in total. The second-order valence-electron chi connectivity index (χ2n) is 7.81. The van der Waals surface area contributed by atoms with E-state index in [1.807, 2.05) is 6.92 Å². The number of rotatable bonds is 8. The number of alkyl halides is 2. The molecule has 0 aliphatic heterocycles. The van der Waals surface area contributed by atoms with Crippen molar-refractivity contribution in [2.75, 3.05) is 6.61 Å². The molecule has 1 atom stereocenters. The fourth-order valence-corrected chi connectivity index (χ4v) is 3.67. The zero-order valence-corrected chi connectivity index (χ0v) is 18.5. The van der Waals surface area contributed by atoms with Crippen LogP contribution in [0.15, 0.2) is 67.1 Å². The van der Waals surface area contributed by atoms with Gasteiger partial charge in [0.15, 0.2) is 5.60 Å². The van der Waals surface area contributed by atoms with Crippen LogP contribution in [0.1, 0.15) is 23.7 Å². The van der Waals surface area contributed by atoms with Crippen molar-refractivity contribution in [2.45, 2.75) is 31.9 Å². The molecule has 0 unspecified atom stereocenters. The third kappa shape index (κ3) is 4.36. The first-order valence-electron chi connectivity index (χ1n) is 10.5. The Morgan fingerprint density at radius 3 is 2.35 bits per heavy atom. The molecule has 4 rings (SSSR count). The van der Waals surface area contributed by atoms with Crippen molar-refractivity contribution < 1.29 is 23.0 Å². The van der Waals surface area contributed by atoms with Crippen LogP contribution in [-0.2, 0) is 18.1 Å². The number of aryl methyl sites for hydroxylation is 1. The van der Waals surface area contributed by atoms with E-state index < -0.39 is 35.1 Å². The van der Waals surface area contributed by atoms with Crippen LogP contribution in [-0.4, -0.2) is 36.9 Å². The van der Waals surface area contributed by atoms with E-state index in [9.17, 15) is 9.50 Å². The fraction of sp³-hybridized carbons (Fsp3) is 0.250. The molecule has 0 aliphatic carbocycles. The van der Waals surface area contributed by atoms with E-state index in [0.29, 0.717) is 23.5 Å². The first kappa shape index (κ1) is 23.4. The molecule has 176 valence electrons. The number of aromatic nitrogens is 5. The van der Waals surface area contributed by atoms with Gasteiger partial charge in [-0.1, -0.05) is 30.3 Å². The Bertz CT molecular complexity index is 1250. The molecule has 34 heavy (non-hydrogen) atoms. The van der Waals surface area contributed by atoms with Crippen molar-refractivity contribution in [3.05, 3.63) is 89.8 Å². The summed E-state index contributed by atoms with van der Waals surface area (Å²) in [6, 6.07) is 13.4. The Labute approximate surface area is 193 Å². The molecule has 1 N–H and O–H groups in total. The highest BCUT2D eigenvalue weighted by Gasteiger charge is 2.57. The highest BCUT2D eigenvalue weighted by atomic mass is 19.3. The first-order chi connectivity index (χ1) is 16.2. The van der Waals surface area contributed by atoms with Crippen LogP contribution in [0.4, 0.5) is 13.2 Å². The fourth-order valence-electron chi connectivity index (χ4n) is 3.67. The highest BCUT2D eigenvalue weighted by Crippen LogP contribution is 2.46. The number of hydrogen-bond acceptors (Lipinski definition) is 6. The van der Waals surface area contributed by atoms with Gasteiger partial charge >= 0.3 is 5.92 Å². The number of benzene rings is 2. The summed E-state index contributed by atoms with van der Waals surface area (Å²) in [6.45, 7) is 3.22. The first-order valence-corrected chi connectivity index (χ1v) is 10.5. The Balaban J connectivity index is 1.72. The van der Waals surface area contributed by atoms with Gasteiger partial charge in [-0.15, -0.1) is 5.10 Å².